The molecule has 3 heterocycles. The number of H-pyrrole nitrogens is 1. The molecule has 0 aliphatic rings. The lowest BCUT2D eigenvalue weighted by molar-refractivity contribution is 0.0946. The molecule has 0 radical (unpaired) electrons. The second kappa shape index (κ2) is 8.14. The molecule has 0 atom stereocenters. The molecule has 0 aliphatic carbocycles. The average molecular weight is 391 g/mol. The first-order valence-electron chi connectivity index (χ1n) is 9.43. The number of nitrogens with one attached hydrogen (secondary N) is 2. The van der Waals surface area contributed by atoms with Gasteiger partial charge in [0, 0.05) is 36.3 Å². The lowest BCUT2D eigenvalue weighted by Gasteiger charge is -2.08. The van der Waals surface area contributed by atoms with Crippen LogP contribution in [0.25, 0.3) is 10.9 Å². The van der Waals surface area contributed by atoms with E-state index in [1.54, 1.807) is 30.1 Å². The van der Waals surface area contributed by atoms with E-state index in [0.29, 0.717) is 30.8 Å². The highest BCUT2D eigenvalue weighted by Crippen LogP contribution is 2.19. The Labute approximate surface area is 166 Å². The number of hydrogen-bond donors (Lipinski definition) is 2. The van der Waals surface area contributed by atoms with E-state index in [9.17, 15) is 9.59 Å². The summed E-state index contributed by atoms with van der Waals surface area (Å²) in [6.45, 7) is 2.56. The summed E-state index contributed by atoms with van der Waals surface area (Å²) in [5.74, 6) is 0.122. The van der Waals surface area contributed by atoms with Crippen molar-refractivity contribution < 1.29 is 9.21 Å². The molecule has 29 heavy (non-hydrogen) atoms. The molecule has 0 saturated heterocycles. The molecule has 1 amide bonds. The molecule has 148 valence electrons. The number of carbonyl (C=O) groups excluding carboxylic acids is 1. The summed E-state index contributed by atoms with van der Waals surface area (Å²) in [7, 11) is 0. The first-order valence-corrected chi connectivity index (χ1v) is 9.43. The minimum absolute atomic E-state index is 0.0411. The average Bonchev–Trinajstić information content (AvgIpc) is 3.36. The largest absolute Gasteiger partial charge is 0.427 e. The van der Waals surface area contributed by atoms with Gasteiger partial charge in [0.1, 0.15) is 11.3 Å². The summed E-state index contributed by atoms with van der Waals surface area (Å²) in [4.78, 5) is 28.0. The lowest BCUT2D eigenvalue weighted by Crippen LogP contribution is -2.32. The Balaban J connectivity index is 1.42. The summed E-state index contributed by atoms with van der Waals surface area (Å²) in [6, 6.07) is 9.85. The van der Waals surface area contributed by atoms with Crippen molar-refractivity contribution in [3.8, 4) is 0 Å². The quantitative estimate of drug-likeness (QED) is 0.503. The fourth-order valence-electron chi connectivity index (χ4n) is 3.39. The van der Waals surface area contributed by atoms with Crippen molar-refractivity contribution in [2.75, 3.05) is 6.54 Å². The Morgan fingerprint density at radius 3 is 2.93 bits per heavy atom. The molecule has 3 aromatic heterocycles. The van der Waals surface area contributed by atoms with E-state index in [-0.39, 0.29) is 5.56 Å². The fourth-order valence-corrected chi connectivity index (χ4v) is 3.39. The molecule has 0 saturated carbocycles. The molecule has 0 aliphatic heterocycles. The van der Waals surface area contributed by atoms with E-state index in [2.05, 4.69) is 26.7 Å². The van der Waals surface area contributed by atoms with Crippen LogP contribution < -0.4 is 10.9 Å². The van der Waals surface area contributed by atoms with Crippen LogP contribution in [0.4, 0.5) is 0 Å². The zero-order valence-corrected chi connectivity index (χ0v) is 16.0. The third-order valence-electron chi connectivity index (χ3n) is 4.84. The van der Waals surface area contributed by atoms with Crippen LogP contribution in [0, 0.1) is 6.92 Å². The van der Waals surface area contributed by atoms with Crippen molar-refractivity contribution in [1.29, 1.82) is 0 Å². The van der Waals surface area contributed by atoms with Crippen LogP contribution in [0.5, 0.6) is 0 Å². The highest BCUT2D eigenvalue weighted by Gasteiger charge is 2.17. The Hall–Kier alpha value is -3.68. The number of nitrogens with zero attached hydrogens (tertiary/aromatic N) is 3. The minimum Gasteiger partial charge on any atom is -0.427 e. The van der Waals surface area contributed by atoms with Gasteiger partial charge in [-0.2, -0.15) is 0 Å². The SMILES string of the molecule is Cc1cc(CCc2c[nH]c3ccccc23)oc(=O)c1C(=O)NCCn1ccnn1. The van der Waals surface area contributed by atoms with Crippen LogP contribution in [0.15, 0.2) is 58.1 Å². The van der Waals surface area contributed by atoms with Crippen molar-refractivity contribution in [2.45, 2.75) is 26.3 Å². The molecular weight excluding hydrogens is 370 g/mol. The summed E-state index contributed by atoms with van der Waals surface area (Å²) >= 11 is 0. The number of carbonyl (C=O) groups is 1. The van der Waals surface area contributed by atoms with Gasteiger partial charge in [-0.15, -0.1) is 5.10 Å². The van der Waals surface area contributed by atoms with Crippen LogP contribution in [0.1, 0.15) is 27.2 Å². The van der Waals surface area contributed by atoms with E-state index >= 15 is 0 Å². The van der Waals surface area contributed by atoms with Gasteiger partial charge < -0.3 is 14.7 Å². The van der Waals surface area contributed by atoms with E-state index in [1.807, 2.05) is 24.4 Å². The van der Waals surface area contributed by atoms with E-state index in [0.717, 1.165) is 22.9 Å². The van der Waals surface area contributed by atoms with Crippen LogP contribution in [0.2, 0.25) is 0 Å². The number of para-hydroxylation sites is 1. The van der Waals surface area contributed by atoms with Gasteiger partial charge in [0.15, 0.2) is 0 Å². The van der Waals surface area contributed by atoms with Gasteiger partial charge >= 0.3 is 5.63 Å². The molecule has 8 heteroatoms. The van der Waals surface area contributed by atoms with Crippen LogP contribution in [-0.2, 0) is 19.4 Å². The standard InChI is InChI=1S/C21H21N5O3/c1-14-12-16(7-6-15-13-23-18-5-3-2-4-17(15)18)29-21(28)19(14)20(27)22-8-10-26-11-9-24-25-26/h2-5,9,11-13,23H,6-8,10H2,1H3,(H,22,27). The maximum atomic E-state index is 12.4. The number of rotatable bonds is 7. The topological polar surface area (TPSA) is 106 Å². The summed E-state index contributed by atoms with van der Waals surface area (Å²) in [6.07, 6.45) is 6.55. The fraction of sp³-hybridized carbons (Fsp3) is 0.238. The van der Waals surface area contributed by atoms with Gasteiger partial charge in [-0.05, 0) is 36.6 Å². The second-order valence-corrected chi connectivity index (χ2v) is 6.84. The van der Waals surface area contributed by atoms with E-state index in [1.165, 1.54) is 0 Å². The van der Waals surface area contributed by atoms with Gasteiger partial charge in [0.05, 0.1) is 12.7 Å². The molecule has 1 aromatic carbocycles. The van der Waals surface area contributed by atoms with Crippen molar-refractivity contribution in [3.05, 3.63) is 81.8 Å². The molecule has 0 spiro atoms. The molecule has 2 N–H and O–H groups in total. The first kappa shape index (κ1) is 18.7. The Bertz CT molecular complexity index is 1190. The van der Waals surface area contributed by atoms with Gasteiger partial charge in [-0.1, -0.05) is 23.4 Å². The van der Waals surface area contributed by atoms with Crippen molar-refractivity contribution >= 4 is 16.8 Å². The molecule has 0 bridgehead atoms. The Kier molecular flexibility index (Phi) is 5.24. The predicted octanol–water partition coefficient (Wildman–Crippen LogP) is 2.24. The van der Waals surface area contributed by atoms with Crippen molar-refractivity contribution in [2.24, 2.45) is 0 Å². The van der Waals surface area contributed by atoms with Gasteiger partial charge in [0.2, 0.25) is 0 Å². The zero-order valence-electron chi connectivity index (χ0n) is 16.0. The molecule has 4 aromatic rings. The predicted molar refractivity (Wildman–Crippen MR) is 108 cm³/mol. The minimum atomic E-state index is -0.614. The number of amides is 1. The van der Waals surface area contributed by atoms with Crippen molar-refractivity contribution in [1.82, 2.24) is 25.3 Å². The smallest absolute Gasteiger partial charge is 0.349 e. The van der Waals surface area contributed by atoms with E-state index in [4.69, 9.17) is 4.42 Å². The third kappa shape index (κ3) is 4.11. The molecular formula is C21H21N5O3. The Morgan fingerprint density at radius 1 is 1.28 bits per heavy atom. The summed E-state index contributed by atoms with van der Waals surface area (Å²) in [5, 5.41) is 11.4. The highest BCUT2D eigenvalue weighted by atomic mass is 16.4. The molecule has 0 unspecified atom stereocenters. The number of hydrogen-bond acceptors (Lipinski definition) is 5. The highest BCUT2D eigenvalue weighted by molar-refractivity contribution is 5.95. The molecule has 8 nitrogen and oxygen atoms in total. The summed E-state index contributed by atoms with van der Waals surface area (Å²) in [5.41, 5.74) is 2.28. The van der Waals surface area contributed by atoms with Crippen LogP contribution in [0.3, 0.4) is 0 Å². The number of aromatic amines is 1. The maximum absolute atomic E-state index is 12.4. The molecule has 0 fully saturated rings. The number of aromatic nitrogens is 4. The number of fused-ring (bicyclic) bond motifs is 1. The summed E-state index contributed by atoms with van der Waals surface area (Å²) < 4.78 is 7.02. The monoisotopic (exact) mass is 391 g/mol. The normalized spacial score (nSPS) is 11.1. The first-order chi connectivity index (χ1) is 14.1. The lowest BCUT2D eigenvalue weighted by atomic mass is 10.1. The second-order valence-electron chi connectivity index (χ2n) is 6.84. The Morgan fingerprint density at radius 2 is 2.14 bits per heavy atom. The van der Waals surface area contributed by atoms with Crippen molar-refractivity contribution in [3.63, 3.8) is 0 Å². The number of aryl methyl sites for hydroxylation is 3. The van der Waals surface area contributed by atoms with Crippen LogP contribution >= 0.6 is 0 Å². The van der Waals surface area contributed by atoms with Crippen LogP contribution in [-0.4, -0.2) is 32.4 Å². The maximum Gasteiger partial charge on any atom is 0.349 e. The zero-order chi connectivity index (χ0) is 20.2. The van der Waals surface area contributed by atoms with E-state index < -0.39 is 11.5 Å². The van der Waals surface area contributed by atoms with Gasteiger partial charge in [0.25, 0.3) is 5.91 Å². The third-order valence-corrected chi connectivity index (χ3v) is 4.84. The van der Waals surface area contributed by atoms with Gasteiger partial charge in [-0.25, -0.2) is 4.79 Å². The molecule has 4 rings (SSSR count). The van der Waals surface area contributed by atoms with Gasteiger partial charge in [-0.3, -0.25) is 9.48 Å². The number of benzene rings is 1.